The smallest absolute Gasteiger partial charge is 0.347 e. The lowest BCUT2D eigenvalue weighted by molar-refractivity contribution is -0.136. The number of aryl methyl sites for hydroxylation is 1. The van der Waals surface area contributed by atoms with E-state index in [-0.39, 0.29) is 11.8 Å². The Labute approximate surface area is 119 Å². The van der Waals surface area contributed by atoms with Crippen molar-refractivity contribution >= 4 is 16.9 Å². The molecule has 1 aromatic carbocycles. The quantitative estimate of drug-likeness (QED) is 0.799. The molecule has 0 bridgehead atoms. The predicted octanol–water partition coefficient (Wildman–Crippen LogP) is 2.99. The third-order valence-electron chi connectivity index (χ3n) is 3.19. The molecular formula is C16H12O5. The second-order valence-electron chi connectivity index (χ2n) is 4.73. The number of carbonyl (C=O) groups is 1. The van der Waals surface area contributed by atoms with Crippen LogP contribution >= 0.6 is 0 Å². The summed E-state index contributed by atoms with van der Waals surface area (Å²) in [6, 6.07) is 10.7. The molecule has 0 radical (unpaired) electrons. The van der Waals surface area contributed by atoms with Gasteiger partial charge in [-0.1, -0.05) is 30.3 Å². The molecule has 0 spiro atoms. The van der Waals surface area contributed by atoms with E-state index < -0.39 is 11.6 Å². The third-order valence-corrected chi connectivity index (χ3v) is 3.19. The van der Waals surface area contributed by atoms with Gasteiger partial charge in [-0.25, -0.2) is 4.79 Å². The second kappa shape index (κ2) is 4.94. The average molecular weight is 284 g/mol. The molecule has 3 rings (SSSR count). The fraction of sp³-hybridized carbons (Fsp3) is 0.125. The Morgan fingerprint density at radius 1 is 1.19 bits per heavy atom. The van der Waals surface area contributed by atoms with Crippen LogP contribution < -0.4 is 5.63 Å². The van der Waals surface area contributed by atoms with Crippen molar-refractivity contribution in [1.29, 1.82) is 0 Å². The molecule has 106 valence electrons. The first-order valence-corrected chi connectivity index (χ1v) is 6.39. The van der Waals surface area contributed by atoms with E-state index in [1.807, 2.05) is 18.2 Å². The summed E-state index contributed by atoms with van der Waals surface area (Å²) in [5.41, 5.74) is 0.838. The van der Waals surface area contributed by atoms with Crippen LogP contribution in [0.1, 0.15) is 11.3 Å². The minimum atomic E-state index is -1.03. The van der Waals surface area contributed by atoms with Crippen LogP contribution in [0.3, 0.4) is 0 Å². The van der Waals surface area contributed by atoms with Gasteiger partial charge in [0.2, 0.25) is 0 Å². The van der Waals surface area contributed by atoms with E-state index in [1.54, 1.807) is 25.1 Å². The summed E-state index contributed by atoms with van der Waals surface area (Å²) in [4.78, 5) is 23.1. The lowest BCUT2D eigenvalue weighted by Gasteiger charge is -2.00. The Kier molecular flexibility index (Phi) is 3.10. The van der Waals surface area contributed by atoms with E-state index in [9.17, 15) is 9.59 Å². The number of carboxylic acid groups (broad SMARTS) is 1. The number of furan rings is 1. The van der Waals surface area contributed by atoms with E-state index in [0.717, 1.165) is 5.56 Å². The zero-order chi connectivity index (χ0) is 15.0. The molecule has 3 aromatic rings. The monoisotopic (exact) mass is 284 g/mol. The Bertz CT molecular complexity index is 871. The maximum absolute atomic E-state index is 12.0. The highest BCUT2D eigenvalue weighted by atomic mass is 16.4. The fourth-order valence-corrected chi connectivity index (χ4v) is 2.36. The molecule has 0 fully saturated rings. The lowest BCUT2D eigenvalue weighted by atomic mass is 10.0. The van der Waals surface area contributed by atoms with Gasteiger partial charge in [-0.05, 0) is 6.92 Å². The molecule has 0 aliphatic heterocycles. The van der Waals surface area contributed by atoms with Crippen LogP contribution in [0.25, 0.3) is 22.3 Å². The van der Waals surface area contributed by atoms with Gasteiger partial charge in [-0.3, -0.25) is 4.79 Å². The van der Waals surface area contributed by atoms with E-state index in [0.29, 0.717) is 22.7 Å². The van der Waals surface area contributed by atoms with Gasteiger partial charge >= 0.3 is 11.6 Å². The Hall–Kier alpha value is -2.82. The predicted molar refractivity (Wildman–Crippen MR) is 76.3 cm³/mol. The summed E-state index contributed by atoms with van der Waals surface area (Å²) in [6.07, 6.45) is -0.301. The van der Waals surface area contributed by atoms with E-state index in [4.69, 9.17) is 13.9 Å². The van der Waals surface area contributed by atoms with Crippen LogP contribution in [0, 0.1) is 6.92 Å². The number of carboxylic acids is 1. The van der Waals surface area contributed by atoms with Crippen molar-refractivity contribution < 1.29 is 18.7 Å². The number of rotatable bonds is 3. The summed E-state index contributed by atoms with van der Waals surface area (Å²) < 4.78 is 10.8. The first-order chi connectivity index (χ1) is 10.1. The van der Waals surface area contributed by atoms with Crippen molar-refractivity contribution in [3.63, 3.8) is 0 Å². The zero-order valence-corrected chi connectivity index (χ0v) is 11.3. The van der Waals surface area contributed by atoms with Crippen molar-refractivity contribution in [2.75, 3.05) is 0 Å². The molecule has 1 N–H and O–H groups in total. The normalized spacial score (nSPS) is 10.9. The number of hydrogen-bond acceptors (Lipinski definition) is 4. The molecule has 2 heterocycles. The van der Waals surface area contributed by atoms with E-state index >= 15 is 0 Å². The molecule has 0 unspecified atom stereocenters. The average Bonchev–Trinajstić information content (AvgIpc) is 2.77. The summed E-state index contributed by atoms with van der Waals surface area (Å²) in [5.74, 6) is -0.219. The number of fused-ring (bicyclic) bond motifs is 1. The summed E-state index contributed by atoms with van der Waals surface area (Å²) in [6.45, 7) is 1.64. The molecule has 0 amide bonds. The largest absolute Gasteiger partial charge is 0.481 e. The molecule has 0 aliphatic rings. The number of benzene rings is 1. The van der Waals surface area contributed by atoms with Gasteiger partial charge in [0.25, 0.3) is 0 Å². The standard InChI is InChI=1S/C16H12O5/c1-9-7-12-14(16(19)20-9)11(8-13(17)18)15(21-12)10-5-3-2-4-6-10/h2-7H,8H2,1H3,(H,17,18). The zero-order valence-electron chi connectivity index (χ0n) is 11.3. The minimum Gasteiger partial charge on any atom is -0.481 e. The molecule has 0 atom stereocenters. The maximum Gasteiger partial charge on any atom is 0.347 e. The molecular weight excluding hydrogens is 272 g/mol. The SMILES string of the molecule is Cc1cc2oc(-c3ccccc3)c(CC(=O)O)c2c(=O)o1. The molecule has 21 heavy (non-hydrogen) atoms. The van der Waals surface area contributed by atoms with Crippen LogP contribution in [0.15, 0.2) is 50.0 Å². The van der Waals surface area contributed by atoms with Gasteiger partial charge in [0, 0.05) is 17.2 Å². The van der Waals surface area contributed by atoms with E-state index in [2.05, 4.69) is 0 Å². The van der Waals surface area contributed by atoms with Gasteiger partial charge in [0.15, 0.2) is 0 Å². The van der Waals surface area contributed by atoms with Crippen LogP contribution in [-0.4, -0.2) is 11.1 Å². The highest BCUT2D eigenvalue weighted by Crippen LogP contribution is 2.32. The Balaban J connectivity index is 2.36. The Morgan fingerprint density at radius 2 is 1.90 bits per heavy atom. The molecule has 5 nitrogen and oxygen atoms in total. The molecule has 0 aliphatic carbocycles. The molecule has 5 heteroatoms. The second-order valence-corrected chi connectivity index (χ2v) is 4.73. The van der Waals surface area contributed by atoms with Crippen molar-refractivity contribution in [2.45, 2.75) is 13.3 Å². The van der Waals surface area contributed by atoms with Crippen molar-refractivity contribution in [3.05, 3.63) is 58.1 Å². The highest BCUT2D eigenvalue weighted by Gasteiger charge is 2.21. The van der Waals surface area contributed by atoms with Crippen LogP contribution in [-0.2, 0) is 11.2 Å². The molecule has 0 saturated heterocycles. The summed E-state index contributed by atoms with van der Waals surface area (Å²) in [7, 11) is 0. The highest BCUT2D eigenvalue weighted by molar-refractivity contribution is 5.90. The van der Waals surface area contributed by atoms with Gasteiger partial charge in [-0.15, -0.1) is 0 Å². The number of aliphatic carboxylic acids is 1. The van der Waals surface area contributed by atoms with Crippen LogP contribution in [0.4, 0.5) is 0 Å². The van der Waals surface area contributed by atoms with E-state index in [1.165, 1.54) is 0 Å². The van der Waals surface area contributed by atoms with Gasteiger partial charge < -0.3 is 13.9 Å². The first kappa shape index (κ1) is 13.2. The third kappa shape index (κ3) is 2.33. The lowest BCUT2D eigenvalue weighted by Crippen LogP contribution is -2.06. The maximum atomic E-state index is 12.0. The topological polar surface area (TPSA) is 80.6 Å². The van der Waals surface area contributed by atoms with Gasteiger partial charge in [0.05, 0.1) is 6.42 Å². The summed E-state index contributed by atoms with van der Waals surface area (Å²) >= 11 is 0. The van der Waals surface area contributed by atoms with Crippen molar-refractivity contribution in [3.8, 4) is 11.3 Å². The van der Waals surface area contributed by atoms with Gasteiger partial charge in [0.1, 0.15) is 22.5 Å². The van der Waals surface area contributed by atoms with Gasteiger partial charge in [-0.2, -0.15) is 0 Å². The molecule has 0 saturated carbocycles. The van der Waals surface area contributed by atoms with Crippen LogP contribution in [0.2, 0.25) is 0 Å². The van der Waals surface area contributed by atoms with Crippen molar-refractivity contribution in [2.24, 2.45) is 0 Å². The minimum absolute atomic E-state index is 0.196. The summed E-state index contributed by atoms with van der Waals surface area (Å²) in [5, 5.41) is 9.28. The molecule has 2 aromatic heterocycles. The van der Waals surface area contributed by atoms with Crippen LogP contribution in [0.5, 0.6) is 0 Å². The first-order valence-electron chi connectivity index (χ1n) is 6.39. The number of hydrogen-bond donors (Lipinski definition) is 1. The van der Waals surface area contributed by atoms with Crippen molar-refractivity contribution in [1.82, 2.24) is 0 Å². The fourth-order valence-electron chi connectivity index (χ4n) is 2.36. The Morgan fingerprint density at radius 3 is 2.57 bits per heavy atom.